The first-order valence-corrected chi connectivity index (χ1v) is 11.4. The maximum absolute atomic E-state index is 10.8. The van der Waals surface area contributed by atoms with Crippen molar-refractivity contribution in [2.75, 3.05) is 0 Å². The molecule has 0 unspecified atom stereocenters. The summed E-state index contributed by atoms with van der Waals surface area (Å²) in [6.07, 6.45) is 0.932. The fourth-order valence-corrected chi connectivity index (χ4v) is 14.9. The standard InChI is InChI=1S/C22H35NO2Si/c1-20(2,3)26(21(4,5)6,22(7,8)9)19-23-15-17(25-19)18(24)16-13-11-10-12-14-16/h10-15,18,24H,1-9H3/t18-/m0/s1. The summed E-state index contributed by atoms with van der Waals surface area (Å²) in [7, 11) is -2.29. The molecule has 1 aromatic carbocycles. The largest absolute Gasteiger partial charge is 0.448 e. The number of benzene rings is 1. The second kappa shape index (κ2) is 6.65. The number of rotatable bonds is 3. The van der Waals surface area contributed by atoms with Gasteiger partial charge in [0.25, 0.3) is 0 Å². The number of aliphatic hydroxyl groups is 1. The highest BCUT2D eigenvalue weighted by atomic mass is 28.3. The molecule has 0 aliphatic heterocycles. The average Bonchev–Trinajstić information content (AvgIpc) is 2.92. The van der Waals surface area contributed by atoms with Crippen molar-refractivity contribution >= 4 is 13.6 Å². The second-order valence-electron chi connectivity index (χ2n) is 10.4. The van der Waals surface area contributed by atoms with Crippen LogP contribution in [0.3, 0.4) is 0 Å². The van der Waals surface area contributed by atoms with Crippen LogP contribution in [0.2, 0.25) is 15.1 Å². The van der Waals surface area contributed by atoms with Gasteiger partial charge in [-0.15, -0.1) is 0 Å². The van der Waals surface area contributed by atoms with Gasteiger partial charge in [-0.3, -0.25) is 0 Å². The summed E-state index contributed by atoms with van der Waals surface area (Å²) in [5.74, 6) is 0.529. The van der Waals surface area contributed by atoms with Crippen LogP contribution in [0, 0.1) is 0 Å². The van der Waals surface area contributed by atoms with E-state index >= 15 is 0 Å². The fourth-order valence-electron chi connectivity index (χ4n) is 5.72. The molecule has 2 aromatic rings. The van der Waals surface area contributed by atoms with E-state index in [4.69, 9.17) is 9.40 Å². The van der Waals surface area contributed by atoms with Crippen LogP contribution >= 0.6 is 0 Å². The molecule has 1 aromatic heterocycles. The second-order valence-corrected chi connectivity index (χ2v) is 16.8. The van der Waals surface area contributed by atoms with Crippen LogP contribution in [0.4, 0.5) is 0 Å². The Morgan fingerprint density at radius 3 is 1.73 bits per heavy atom. The van der Waals surface area contributed by atoms with Gasteiger partial charge in [-0.2, -0.15) is 0 Å². The van der Waals surface area contributed by atoms with Crippen LogP contribution in [-0.4, -0.2) is 18.2 Å². The molecule has 1 heterocycles. The molecule has 0 aliphatic carbocycles. The van der Waals surface area contributed by atoms with Crippen LogP contribution < -0.4 is 5.51 Å². The van der Waals surface area contributed by atoms with Crippen molar-refractivity contribution in [2.45, 2.75) is 83.5 Å². The van der Waals surface area contributed by atoms with Crippen LogP contribution in [0.15, 0.2) is 40.9 Å². The van der Waals surface area contributed by atoms with E-state index in [1.165, 1.54) is 0 Å². The van der Waals surface area contributed by atoms with Gasteiger partial charge in [-0.05, 0) is 20.7 Å². The van der Waals surface area contributed by atoms with Crippen molar-refractivity contribution in [3.8, 4) is 0 Å². The summed E-state index contributed by atoms with van der Waals surface area (Å²) < 4.78 is 6.35. The first-order valence-electron chi connectivity index (χ1n) is 9.42. The van der Waals surface area contributed by atoms with Gasteiger partial charge < -0.3 is 9.52 Å². The Hall–Kier alpha value is -1.39. The Bertz CT molecular complexity index is 694. The van der Waals surface area contributed by atoms with E-state index < -0.39 is 14.2 Å². The van der Waals surface area contributed by atoms with Gasteiger partial charge in [0.1, 0.15) is 6.10 Å². The summed E-state index contributed by atoms with van der Waals surface area (Å²) in [5, 5.41) is 10.9. The summed E-state index contributed by atoms with van der Waals surface area (Å²) in [6.45, 7) is 20.8. The maximum Gasteiger partial charge on any atom is 0.173 e. The van der Waals surface area contributed by atoms with E-state index in [-0.39, 0.29) is 15.1 Å². The molecule has 2 rings (SSSR count). The Morgan fingerprint density at radius 1 is 0.846 bits per heavy atom. The lowest BCUT2D eigenvalue weighted by molar-refractivity contribution is 0.191. The van der Waals surface area contributed by atoms with Crippen molar-refractivity contribution in [3.63, 3.8) is 0 Å². The van der Waals surface area contributed by atoms with Crippen LogP contribution in [0.5, 0.6) is 0 Å². The highest BCUT2D eigenvalue weighted by molar-refractivity contribution is 6.97. The SMILES string of the molecule is CC(C)(C)[Si](c1ncc([C@@H](O)c2ccccc2)o1)(C(C)(C)C)C(C)(C)C. The van der Waals surface area contributed by atoms with Crippen molar-refractivity contribution in [1.29, 1.82) is 0 Å². The average molecular weight is 374 g/mol. The first kappa shape index (κ1) is 20.9. The smallest absolute Gasteiger partial charge is 0.173 e. The predicted octanol–water partition coefficient (Wildman–Crippen LogP) is 5.81. The molecular weight excluding hydrogens is 338 g/mol. The van der Waals surface area contributed by atoms with Gasteiger partial charge >= 0.3 is 0 Å². The maximum atomic E-state index is 10.8. The van der Waals surface area contributed by atoms with E-state index in [2.05, 4.69) is 62.3 Å². The van der Waals surface area contributed by atoms with Crippen molar-refractivity contribution in [3.05, 3.63) is 47.9 Å². The number of hydrogen-bond donors (Lipinski definition) is 1. The number of aliphatic hydroxyl groups excluding tert-OH is 1. The Labute approximate surface area is 159 Å². The highest BCUT2D eigenvalue weighted by Gasteiger charge is 2.64. The summed E-state index contributed by atoms with van der Waals surface area (Å²) >= 11 is 0. The molecule has 0 amide bonds. The van der Waals surface area contributed by atoms with Gasteiger partial charge in [0.05, 0.1) is 6.20 Å². The van der Waals surface area contributed by atoms with Gasteiger partial charge in [0.2, 0.25) is 0 Å². The zero-order valence-corrected chi connectivity index (χ0v) is 18.8. The van der Waals surface area contributed by atoms with E-state index in [0.717, 1.165) is 11.1 Å². The zero-order valence-electron chi connectivity index (χ0n) is 17.8. The lowest BCUT2D eigenvalue weighted by atomic mass is 10.1. The fraction of sp³-hybridized carbons (Fsp3) is 0.591. The Balaban J connectivity index is 2.64. The Kier molecular flexibility index (Phi) is 5.35. The highest BCUT2D eigenvalue weighted by Crippen LogP contribution is 2.61. The Morgan fingerprint density at radius 2 is 1.31 bits per heavy atom. The molecule has 0 aliphatic rings. The van der Waals surface area contributed by atoms with Crippen molar-refractivity contribution in [1.82, 2.24) is 4.98 Å². The van der Waals surface area contributed by atoms with E-state index in [1.807, 2.05) is 30.3 Å². The predicted molar refractivity (Wildman–Crippen MR) is 112 cm³/mol. The molecule has 1 N–H and O–H groups in total. The molecule has 0 radical (unpaired) electrons. The lowest BCUT2D eigenvalue weighted by Crippen LogP contribution is -2.67. The minimum atomic E-state index is -2.29. The first-order chi connectivity index (χ1) is 11.7. The summed E-state index contributed by atoms with van der Waals surface area (Å²) in [5.41, 5.74) is 1.67. The van der Waals surface area contributed by atoms with Gasteiger partial charge in [0, 0.05) is 0 Å². The quantitative estimate of drug-likeness (QED) is 0.690. The van der Waals surface area contributed by atoms with Crippen LogP contribution in [0.1, 0.15) is 79.7 Å². The summed E-state index contributed by atoms with van der Waals surface area (Å²) in [4.78, 5) is 4.77. The third-order valence-corrected chi connectivity index (χ3v) is 13.2. The molecule has 26 heavy (non-hydrogen) atoms. The molecule has 0 saturated heterocycles. The minimum absolute atomic E-state index is 0.0450. The van der Waals surface area contributed by atoms with Crippen LogP contribution in [0.25, 0.3) is 0 Å². The molecule has 0 bridgehead atoms. The third kappa shape index (κ3) is 3.29. The molecule has 4 heteroatoms. The number of hydrogen-bond acceptors (Lipinski definition) is 3. The third-order valence-electron chi connectivity index (χ3n) is 5.60. The topological polar surface area (TPSA) is 46.3 Å². The molecule has 144 valence electrons. The van der Waals surface area contributed by atoms with Crippen molar-refractivity contribution in [2.24, 2.45) is 0 Å². The molecule has 1 atom stereocenters. The van der Waals surface area contributed by atoms with Crippen LogP contribution in [-0.2, 0) is 0 Å². The lowest BCUT2D eigenvalue weighted by Gasteiger charge is -2.56. The molecular formula is C22H35NO2Si. The van der Waals surface area contributed by atoms with Gasteiger partial charge in [-0.1, -0.05) is 92.6 Å². The minimum Gasteiger partial charge on any atom is -0.448 e. The molecule has 0 saturated carbocycles. The molecule has 0 spiro atoms. The van der Waals surface area contributed by atoms with Gasteiger partial charge in [0.15, 0.2) is 19.3 Å². The van der Waals surface area contributed by atoms with Crippen molar-refractivity contribution < 1.29 is 9.52 Å². The number of aromatic nitrogens is 1. The van der Waals surface area contributed by atoms with E-state index in [1.54, 1.807) is 6.20 Å². The molecule has 0 fully saturated rings. The summed E-state index contributed by atoms with van der Waals surface area (Å²) in [6, 6.07) is 9.62. The molecule has 3 nitrogen and oxygen atoms in total. The number of nitrogens with zero attached hydrogens (tertiary/aromatic N) is 1. The number of oxazole rings is 1. The van der Waals surface area contributed by atoms with Gasteiger partial charge in [-0.25, -0.2) is 4.98 Å². The zero-order chi connectivity index (χ0) is 20.0. The monoisotopic (exact) mass is 373 g/mol. The van der Waals surface area contributed by atoms with E-state index in [9.17, 15) is 5.11 Å². The normalized spacial score (nSPS) is 15.2. The van der Waals surface area contributed by atoms with E-state index in [0.29, 0.717) is 5.76 Å².